The standard InChI is InChI=1S/C16H29N5/c1-16(2)8-4-3-5-13(16)14-18-15(20-19-14)21-9-6-12(11-17)7-10-21/h12-13H,3-11,17H2,1-2H3,(H,18,19,20). The van der Waals surface area contributed by atoms with Gasteiger partial charge in [-0.15, -0.1) is 5.10 Å². The highest BCUT2D eigenvalue weighted by atomic mass is 15.4. The monoisotopic (exact) mass is 291 g/mol. The minimum atomic E-state index is 0.335. The van der Waals surface area contributed by atoms with Gasteiger partial charge in [0.1, 0.15) is 5.82 Å². The van der Waals surface area contributed by atoms with Gasteiger partial charge in [-0.3, -0.25) is 5.10 Å². The van der Waals surface area contributed by atoms with Crippen molar-refractivity contribution in [3.8, 4) is 0 Å². The van der Waals surface area contributed by atoms with Gasteiger partial charge in [-0.2, -0.15) is 4.98 Å². The predicted octanol–water partition coefficient (Wildman–Crippen LogP) is 2.66. The first-order valence-corrected chi connectivity index (χ1v) is 8.47. The molecule has 2 heterocycles. The minimum Gasteiger partial charge on any atom is -0.340 e. The summed E-state index contributed by atoms with van der Waals surface area (Å²) < 4.78 is 0. The van der Waals surface area contributed by atoms with Gasteiger partial charge in [0.2, 0.25) is 5.95 Å². The summed E-state index contributed by atoms with van der Waals surface area (Å²) in [5.74, 6) is 3.18. The van der Waals surface area contributed by atoms with Gasteiger partial charge in [-0.25, -0.2) is 0 Å². The molecule has 5 heteroatoms. The lowest BCUT2D eigenvalue weighted by molar-refractivity contribution is 0.192. The number of rotatable bonds is 3. The summed E-state index contributed by atoms with van der Waals surface area (Å²) in [6, 6.07) is 0. The lowest BCUT2D eigenvalue weighted by atomic mass is 9.68. The van der Waals surface area contributed by atoms with Crippen molar-refractivity contribution in [1.82, 2.24) is 15.2 Å². The van der Waals surface area contributed by atoms with Crippen molar-refractivity contribution in [2.45, 2.75) is 58.3 Å². The molecule has 2 fully saturated rings. The van der Waals surface area contributed by atoms with Crippen molar-refractivity contribution < 1.29 is 0 Å². The molecule has 0 amide bonds. The maximum Gasteiger partial charge on any atom is 0.244 e. The molecule has 1 saturated carbocycles. The molecule has 5 nitrogen and oxygen atoms in total. The van der Waals surface area contributed by atoms with E-state index in [-0.39, 0.29) is 0 Å². The number of nitrogens with two attached hydrogens (primary N) is 1. The fourth-order valence-electron chi connectivity index (χ4n) is 3.93. The van der Waals surface area contributed by atoms with Crippen LogP contribution in [0.25, 0.3) is 0 Å². The Morgan fingerprint density at radius 3 is 2.67 bits per heavy atom. The smallest absolute Gasteiger partial charge is 0.244 e. The Morgan fingerprint density at radius 1 is 1.24 bits per heavy atom. The van der Waals surface area contributed by atoms with E-state index in [1.165, 1.54) is 25.7 Å². The first kappa shape index (κ1) is 14.8. The third-order valence-corrected chi connectivity index (χ3v) is 5.56. The van der Waals surface area contributed by atoms with E-state index >= 15 is 0 Å². The molecular formula is C16H29N5. The number of hydrogen-bond acceptors (Lipinski definition) is 4. The molecule has 118 valence electrons. The van der Waals surface area contributed by atoms with E-state index in [0.717, 1.165) is 44.2 Å². The average Bonchev–Trinajstić information content (AvgIpc) is 2.96. The molecule has 21 heavy (non-hydrogen) atoms. The molecule has 0 spiro atoms. The number of anilines is 1. The quantitative estimate of drug-likeness (QED) is 0.898. The molecule has 1 atom stereocenters. The fourth-order valence-corrected chi connectivity index (χ4v) is 3.93. The highest BCUT2D eigenvalue weighted by Crippen LogP contribution is 2.45. The van der Waals surface area contributed by atoms with Crippen LogP contribution in [0.3, 0.4) is 0 Å². The van der Waals surface area contributed by atoms with Crippen molar-refractivity contribution in [2.24, 2.45) is 17.1 Å². The van der Waals surface area contributed by atoms with E-state index in [0.29, 0.717) is 17.3 Å². The highest BCUT2D eigenvalue weighted by molar-refractivity contribution is 5.30. The maximum absolute atomic E-state index is 5.76. The van der Waals surface area contributed by atoms with E-state index in [1.807, 2.05) is 0 Å². The molecule has 1 aromatic rings. The SMILES string of the molecule is CC1(C)CCCCC1c1nc(N2CCC(CN)CC2)n[nH]1. The molecule has 0 aromatic carbocycles. The zero-order chi connectivity index (χ0) is 14.9. The number of H-pyrrole nitrogens is 1. The van der Waals surface area contributed by atoms with E-state index in [9.17, 15) is 0 Å². The predicted molar refractivity (Wildman–Crippen MR) is 85.4 cm³/mol. The fraction of sp³-hybridized carbons (Fsp3) is 0.875. The van der Waals surface area contributed by atoms with Crippen molar-refractivity contribution >= 4 is 5.95 Å². The summed E-state index contributed by atoms with van der Waals surface area (Å²) in [6.45, 7) is 7.61. The van der Waals surface area contributed by atoms with Gasteiger partial charge in [0, 0.05) is 19.0 Å². The summed E-state index contributed by atoms with van der Waals surface area (Å²) in [5.41, 5.74) is 6.10. The highest BCUT2D eigenvalue weighted by Gasteiger charge is 2.35. The molecule has 3 rings (SSSR count). The van der Waals surface area contributed by atoms with Gasteiger partial charge < -0.3 is 10.6 Å². The number of aromatic nitrogens is 3. The van der Waals surface area contributed by atoms with Gasteiger partial charge in [0.25, 0.3) is 0 Å². The van der Waals surface area contributed by atoms with E-state index in [2.05, 4.69) is 28.9 Å². The second-order valence-corrected chi connectivity index (χ2v) is 7.47. The summed E-state index contributed by atoms with van der Waals surface area (Å²) >= 11 is 0. The van der Waals surface area contributed by atoms with Crippen LogP contribution in [-0.4, -0.2) is 34.8 Å². The zero-order valence-electron chi connectivity index (χ0n) is 13.4. The average molecular weight is 291 g/mol. The molecule has 1 unspecified atom stereocenters. The summed E-state index contributed by atoms with van der Waals surface area (Å²) in [4.78, 5) is 7.14. The number of piperidine rings is 1. The Labute approximate surface area is 127 Å². The number of aromatic amines is 1. The van der Waals surface area contributed by atoms with Crippen molar-refractivity contribution in [3.63, 3.8) is 0 Å². The van der Waals surface area contributed by atoms with Crippen LogP contribution in [0.1, 0.15) is 64.1 Å². The van der Waals surface area contributed by atoms with Crippen LogP contribution in [0.2, 0.25) is 0 Å². The van der Waals surface area contributed by atoms with Crippen LogP contribution in [-0.2, 0) is 0 Å². The van der Waals surface area contributed by atoms with Crippen molar-refractivity contribution in [3.05, 3.63) is 5.82 Å². The molecule has 3 N–H and O–H groups in total. The molecule has 1 saturated heterocycles. The van der Waals surface area contributed by atoms with E-state index < -0.39 is 0 Å². The third kappa shape index (κ3) is 3.07. The largest absolute Gasteiger partial charge is 0.340 e. The topological polar surface area (TPSA) is 70.8 Å². The maximum atomic E-state index is 5.76. The van der Waals surface area contributed by atoms with Crippen LogP contribution >= 0.6 is 0 Å². The van der Waals surface area contributed by atoms with Crippen LogP contribution in [0.15, 0.2) is 0 Å². The number of nitrogens with one attached hydrogen (secondary N) is 1. The molecule has 0 radical (unpaired) electrons. The normalized spacial score (nSPS) is 27.0. The second-order valence-electron chi connectivity index (χ2n) is 7.47. The van der Waals surface area contributed by atoms with Gasteiger partial charge in [-0.05, 0) is 43.6 Å². The van der Waals surface area contributed by atoms with Gasteiger partial charge in [-0.1, -0.05) is 26.7 Å². The molecular weight excluding hydrogens is 262 g/mol. The summed E-state index contributed by atoms with van der Waals surface area (Å²) in [7, 11) is 0. The third-order valence-electron chi connectivity index (χ3n) is 5.56. The first-order valence-electron chi connectivity index (χ1n) is 8.47. The van der Waals surface area contributed by atoms with Gasteiger partial charge in [0.05, 0.1) is 0 Å². The minimum absolute atomic E-state index is 0.335. The van der Waals surface area contributed by atoms with Crippen molar-refractivity contribution in [1.29, 1.82) is 0 Å². The molecule has 1 aliphatic carbocycles. The molecule has 0 bridgehead atoms. The Balaban J connectivity index is 1.69. The van der Waals surface area contributed by atoms with Crippen LogP contribution in [0.4, 0.5) is 5.95 Å². The zero-order valence-corrected chi connectivity index (χ0v) is 13.4. The summed E-state index contributed by atoms with van der Waals surface area (Å²) in [5, 5.41) is 7.72. The van der Waals surface area contributed by atoms with Crippen LogP contribution in [0, 0.1) is 11.3 Å². The Hall–Kier alpha value is -1.10. The first-order chi connectivity index (χ1) is 10.1. The van der Waals surface area contributed by atoms with E-state index in [1.54, 1.807) is 0 Å². The van der Waals surface area contributed by atoms with Crippen molar-refractivity contribution in [2.75, 3.05) is 24.5 Å². The Morgan fingerprint density at radius 2 is 2.00 bits per heavy atom. The van der Waals surface area contributed by atoms with Gasteiger partial charge >= 0.3 is 0 Å². The molecule has 1 aromatic heterocycles. The molecule has 2 aliphatic rings. The Kier molecular flexibility index (Phi) is 4.20. The summed E-state index contributed by atoms with van der Waals surface area (Å²) in [6.07, 6.45) is 7.50. The lowest BCUT2D eigenvalue weighted by Crippen LogP contribution is -2.36. The molecule has 1 aliphatic heterocycles. The van der Waals surface area contributed by atoms with Crippen LogP contribution < -0.4 is 10.6 Å². The van der Waals surface area contributed by atoms with Gasteiger partial charge in [0.15, 0.2) is 0 Å². The Bertz CT molecular complexity index is 459. The lowest BCUT2D eigenvalue weighted by Gasteiger charge is -2.37. The van der Waals surface area contributed by atoms with Crippen LogP contribution in [0.5, 0.6) is 0 Å². The number of nitrogens with zero attached hydrogens (tertiary/aromatic N) is 3. The second kappa shape index (κ2) is 5.95. The van der Waals surface area contributed by atoms with E-state index in [4.69, 9.17) is 10.7 Å². The number of hydrogen-bond donors (Lipinski definition) is 2.